The molecule has 1 saturated heterocycles. The molecule has 4 heterocycles. The summed E-state index contributed by atoms with van der Waals surface area (Å²) in [6.45, 7) is 4.78. The molecule has 2 atom stereocenters. The SMILES string of the molecule is C[C@@H]1CCN(Cc2cn(C)c3ccccc23)C[C@H]1c1cc(C(F)F)nc2ncnn12. The first-order valence-corrected chi connectivity index (χ1v) is 10.3. The summed E-state index contributed by atoms with van der Waals surface area (Å²) < 4.78 is 30.6. The minimum atomic E-state index is -2.63. The quantitative estimate of drug-likeness (QED) is 0.507. The van der Waals surface area contributed by atoms with Crippen LogP contribution in [0.3, 0.4) is 0 Å². The van der Waals surface area contributed by atoms with E-state index < -0.39 is 6.43 Å². The van der Waals surface area contributed by atoms with Crippen LogP contribution in [0.1, 0.15) is 42.6 Å². The number of aryl methyl sites for hydroxylation is 1. The third kappa shape index (κ3) is 3.25. The first-order chi connectivity index (χ1) is 14.5. The van der Waals surface area contributed by atoms with Gasteiger partial charge in [0.15, 0.2) is 0 Å². The molecule has 30 heavy (non-hydrogen) atoms. The monoisotopic (exact) mass is 410 g/mol. The fraction of sp³-hybridized carbons (Fsp3) is 0.409. The maximum Gasteiger partial charge on any atom is 0.280 e. The van der Waals surface area contributed by atoms with Crippen molar-refractivity contribution in [2.24, 2.45) is 13.0 Å². The highest BCUT2D eigenvalue weighted by atomic mass is 19.3. The summed E-state index contributed by atoms with van der Waals surface area (Å²) in [4.78, 5) is 10.4. The van der Waals surface area contributed by atoms with Crippen LogP contribution in [0, 0.1) is 5.92 Å². The fourth-order valence-corrected chi connectivity index (χ4v) is 4.69. The van der Waals surface area contributed by atoms with Gasteiger partial charge >= 0.3 is 0 Å². The molecule has 0 spiro atoms. The number of rotatable bonds is 4. The van der Waals surface area contributed by atoms with Gasteiger partial charge in [0.2, 0.25) is 0 Å². The highest BCUT2D eigenvalue weighted by Crippen LogP contribution is 2.34. The van der Waals surface area contributed by atoms with Crippen LogP contribution < -0.4 is 0 Å². The van der Waals surface area contributed by atoms with Crippen molar-refractivity contribution in [3.8, 4) is 0 Å². The summed E-state index contributed by atoms with van der Waals surface area (Å²) in [6, 6.07) is 9.92. The summed E-state index contributed by atoms with van der Waals surface area (Å²) >= 11 is 0. The summed E-state index contributed by atoms with van der Waals surface area (Å²) in [5.41, 5.74) is 3.04. The van der Waals surface area contributed by atoms with E-state index in [1.165, 1.54) is 28.9 Å². The van der Waals surface area contributed by atoms with Crippen molar-refractivity contribution in [2.75, 3.05) is 13.1 Å². The molecule has 1 aromatic carbocycles. The molecule has 3 aromatic heterocycles. The molecule has 5 rings (SSSR count). The second-order valence-electron chi connectivity index (χ2n) is 8.27. The van der Waals surface area contributed by atoms with E-state index in [1.807, 2.05) is 0 Å². The second kappa shape index (κ2) is 7.43. The first-order valence-electron chi connectivity index (χ1n) is 10.3. The number of halogens is 2. The zero-order chi connectivity index (χ0) is 20.8. The molecule has 0 N–H and O–H groups in total. The van der Waals surface area contributed by atoms with Gasteiger partial charge in [-0.1, -0.05) is 25.1 Å². The summed E-state index contributed by atoms with van der Waals surface area (Å²) in [5.74, 6) is 0.675. The Bertz CT molecular complexity index is 1200. The number of hydrogen-bond donors (Lipinski definition) is 0. The Morgan fingerprint density at radius 2 is 2.07 bits per heavy atom. The van der Waals surface area contributed by atoms with Gasteiger partial charge in [-0.25, -0.2) is 18.3 Å². The number of aromatic nitrogens is 5. The fourth-order valence-electron chi connectivity index (χ4n) is 4.69. The molecule has 0 unspecified atom stereocenters. The maximum atomic E-state index is 13.4. The van der Waals surface area contributed by atoms with Crippen LogP contribution >= 0.6 is 0 Å². The van der Waals surface area contributed by atoms with E-state index in [0.717, 1.165) is 31.7 Å². The highest BCUT2D eigenvalue weighted by molar-refractivity contribution is 5.83. The van der Waals surface area contributed by atoms with Crippen LogP contribution in [0.4, 0.5) is 8.78 Å². The Morgan fingerprint density at radius 1 is 1.23 bits per heavy atom. The normalized spacial score (nSPS) is 20.6. The average Bonchev–Trinajstić information content (AvgIpc) is 3.34. The van der Waals surface area contributed by atoms with Gasteiger partial charge in [0.05, 0.1) is 5.69 Å². The van der Waals surface area contributed by atoms with Gasteiger partial charge in [0.1, 0.15) is 12.0 Å². The van der Waals surface area contributed by atoms with Crippen molar-refractivity contribution in [1.82, 2.24) is 29.0 Å². The van der Waals surface area contributed by atoms with E-state index in [2.05, 4.69) is 69.0 Å². The molecular weight excluding hydrogens is 386 g/mol. The van der Waals surface area contributed by atoms with Crippen LogP contribution in [0.5, 0.6) is 0 Å². The number of alkyl halides is 2. The Labute approximate surface area is 173 Å². The first kappa shape index (κ1) is 19.1. The molecule has 4 aromatic rings. The molecule has 156 valence electrons. The minimum absolute atomic E-state index is 0.0819. The van der Waals surface area contributed by atoms with Gasteiger partial charge in [-0.3, -0.25) is 4.90 Å². The lowest BCUT2D eigenvalue weighted by Crippen LogP contribution is -2.38. The van der Waals surface area contributed by atoms with Crippen molar-refractivity contribution in [3.63, 3.8) is 0 Å². The van der Waals surface area contributed by atoms with Crippen LogP contribution in [0.25, 0.3) is 16.7 Å². The number of hydrogen-bond acceptors (Lipinski definition) is 4. The molecule has 0 amide bonds. The number of nitrogens with zero attached hydrogens (tertiary/aromatic N) is 6. The molecule has 8 heteroatoms. The van der Waals surface area contributed by atoms with Crippen molar-refractivity contribution in [3.05, 3.63) is 59.8 Å². The number of para-hydroxylation sites is 1. The number of piperidine rings is 1. The van der Waals surface area contributed by atoms with Crippen LogP contribution in [-0.2, 0) is 13.6 Å². The smallest absolute Gasteiger partial charge is 0.280 e. The maximum absolute atomic E-state index is 13.4. The third-order valence-corrected chi connectivity index (χ3v) is 6.32. The summed E-state index contributed by atoms with van der Waals surface area (Å²) in [6.07, 6.45) is 1.94. The standard InChI is InChI=1S/C22H24F2N6/c1-14-7-8-29(11-15-10-28(2)19-6-4-3-5-16(15)19)12-17(14)20-9-18(21(23)24)27-22-25-13-26-30(20)22/h3-6,9-10,13-14,17,21H,7-8,11-12H2,1-2H3/t14-,17-/m1/s1. The summed E-state index contributed by atoms with van der Waals surface area (Å²) in [7, 11) is 2.07. The van der Waals surface area contributed by atoms with Crippen molar-refractivity contribution >= 4 is 16.7 Å². The van der Waals surface area contributed by atoms with E-state index in [9.17, 15) is 8.78 Å². The molecule has 1 aliphatic rings. The lowest BCUT2D eigenvalue weighted by Gasteiger charge is -2.37. The van der Waals surface area contributed by atoms with Crippen LogP contribution in [0.15, 0.2) is 42.9 Å². The predicted molar refractivity (Wildman–Crippen MR) is 110 cm³/mol. The molecule has 0 radical (unpaired) electrons. The van der Waals surface area contributed by atoms with E-state index in [4.69, 9.17) is 0 Å². The second-order valence-corrected chi connectivity index (χ2v) is 8.27. The molecular formula is C22H24F2N6. The largest absolute Gasteiger partial charge is 0.350 e. The van der Waals surface area contributed by atoms with Gasteiger partial charge < -0.3 is 4.57 Å². The van der Waals surface area contributed by atoms with Crippen molar-refractivity contribution < 1.29 is 8.78 Å². The Morgan fingerprint density at radius 3 is 2.90 bits per heavy atom. The lowest BCUT2D eigenvalue weighted by molar-refractivity contribution is 0.143. The number of likely N-dealkylation sites (tertiary alicyclic amines) is 1. The Kier molecular flexibility index (Phi) is 4.73. The lowest BCUT2D eigenvalue weighted by atomic mass is 9.84. The molecule has 1 aliphatic heterocycles. The Hall–Kier alpha value is -2.87. The van der Waals surface area contributed by atoms with Gasteiger partial charge in [-0.15, -0.1) is 0 Å². The summed E-state index contributed by atoms with van der Waals surface area (Å²) in [5, 5.41) is 5.52. The number of fused-ring (bicyclic) bond motifs is 2. The molecule has 0 bridgehead atoms. The Balaban J connectivity index is 1.47. The molecule has 0 aliphatic carbocycles. The zero-order valence-electron chi connectivity index (χ0n) is 17.0. The van der Waals surface area contributed by atoms with Crippen LogP contribution in [0.2, 0.25) is 0 Å². The van der Waals surface area contributed by atoms with Gasteiger partial charge in [-0.05, 0) is 36.6 Å². The molecule has 0 saturated carbocycles. The minimum Gasteiger partial charge on any atom is -0.350 e. The van der Waals surface area contributed by atoms with E-state index in [1.54, 1.807) is 4.52 Å². The van der Waals surface area contributed by atoms with Gasteiger partial charge in [0.25, 0.3) is 12.2 Å². The predicted octanol–water partition coefficient (Wildman–Crippen LogP) is 4.18. The molecule has 6 nitrogen and oxygen atoms in total. The van der Waals surface area contributed by atoms with Gasteiger partial charge in [0, 0.05) is 43.2 Å². The number of benzene rings is 1. The highest BCUT2D eigenvalue weighted by Gasteiger charge is 2.31. The van der Waals surface area contributed by atoms with Crippen LogP contribution in [-0.4, -0.2) is 42.1 Å². The zero-order valence-corrected chi connectivity index (χ0v) is 17.0. The third-order valence-electron chi connectivity index (χ3n) is 6.32. The van der Waals surface area contributed by atoms with Crippen molar-refractivity contribution in [1.29, 1.82) is 0 Å². The molecule has 1 fully saturated rings. The average molecular weight is 410 g/mol. The van der Waals surface area contributed by atoms with E-state index >= 15 is 0 Å². The van der Waals surface area contributed by atoms with E-state index in [-0.39, 0.29) is 17.4 Å². The topological polar surface area (TPSA) is 51.2 Å². The van der Waals surface area contributed by atoms with Crippen molar-refractivity contribution in [2.45, 2.75) is 32.2 Å². The van der Waals surface area contributed by atoms with E-state index in [0.29, 0.717) is 5.92 Å². The van der Waals surface area contributed by atoms with Gasteiger partial charge in [-0.2, -0.15) is 10.1 Å².